The highest BCUT2D eigenvalue weighted by Crippen LogP contribution is 2.31. The summed E-state index contributed by atoms with van der Waals surface area (Å²) >= 11 is 4.61. The lowest BCUT2D eigenvalue weighted by Crippen LogP contribution is -2.13. The fourth-order valence-electron chi connectivity index (χ4n) is 3.64. The van der Waals surface area contributed by atoms with Crippen molar-refractivity contribution in [3.05, 3.63) is 65.2 Å². The van der Waals surface area contributed by atoms with Crippen LogP contribution < -0.4 is 0 Å². The van der Waals surface area contributed by atoms with Crippen molar-refractivity contribution < 1.29 is 0 Å². The summed E-state index contributed by atoms with van der Waals surface area (Å²) in [6, 6.07) is 15.9. The van der Waals surface area contributed by atoms with E-state index in [2.05, 4.69) is 65.1 Å². The molecule has 2 aromatic carbocycles. The van der Waals surface area contributed by atoms with E-state index in [4.69, 9.17) is 0 Å². The molecule has 0 unspecified atom stereocenters. The van der Waals surface area contributed by atoms with Crippen molar-refractivity contribution in [2.24, 2.45) is 16.8 Å². The molecule has 0 atom stereocenters. The van der Waals surface area contributed by atoms with E-state index in [-0.39, 0.29) is 0 Å². The Kier molecular flexibility index (Phi) is 7.63. The third-order valence-corrected chi connectivity index (χ3v) is 5.33. The van der Waals surface area contributed by atoms with Crippen LogP contribution >= 0.6 is 12.2 Å². The molecule has 0 amide bonds. The predicted molar refractivity (Wildman–Crippen MR) is 121 cm³/mol. The van der Waals surface area contributed by atoms with Crippen molar-refractivity contribution in [2.75, 3.05) is 0 Å². The van der Waals surface area contributed by atoms with Crippen LogP contribution in [0, 0.1) is 35.5 Å². The van der Waals surface area contributed by atoms with Gasteiger partial charge in [-0.15, -0.1) is 0 Å². The Morgan fingerprint density at radius 2 is 1.36 bits per heavy atom. The monoisotopic (exact) mass is 383 g/mol. The Morgan fingerprint density at radius 1 is 0.821 bits per heavy atom. The molecule has 0 aromatic heterocycles. The standard InChI is InChI=1S/C26H25NS/c1-2-3-21-4-6-22(7-5-21)8-9-23-10-12-24(13-11-23)14-15-25-16-18-26(19-17-25)27-20-28/h10-13,16-19,21-22H,2-7H2,1H3. The Labute approximate surface area is 174 Å². The normalized spacial score (nSPS) is 18.0. The van der Waals surface area contributed by atoms with Crippen molar-refractivity contribution in [3.8, 4) is 23.7 Å². The van der Waals surface area contributed by atoms with Gasteiger partial charge in [-0.05, 0) is 92.4 Å². The quantitative estimate of drug-likeness (QED) is 0.323. The number of hydrogen-bond donors (Lipinski definition) is 0. The van der Waals surface area contributed by atoms with Crippen LogP contribution in [0.15, 0.2) is 53.5 Å². The highest BCUT2D eigenvalue weighted by atomic mass is 32.1. The zero-order valence-electron chi connectivity index (χ0n) is 16.4. The van der Waals surface area contributed by atoms with E-state index >= 15 is 0 Å². The summed E-state index contributed by atoms with van der Waals surface area (Å²) in [5.41, 5.74) is 3.81. The molecule has 2 heteroatoms. The van der Waals surface area contributed by atoms with E-state index in [1.165, 1.54) is 38.5 Å². The average Bonchev–Trinajstić information content (AvgIpc) is 2.74. The molecule has 1 aliphatic carbocycles. The van der Waals surface area contributed by atoms with E-state index in [0.29, 0.717) is 5.92 Å². The van der Waals surface area contributed by atoms with Crippen molar-refractivity contribution in [1.29, 1.82) is 0 Å². The molecule has 0 radical (unpaired) electrons. The van der Waals surface area contributed by atoms with Crippen LogP contribution in [-0.2, 0) is 0 Å². The molecule has 0 N–H and O–H groups in total. The van der Waals surface area contributed by atoms with Crippen LogP contribution in [0.1, 0.15) is 62.1 Å². The number of isothiocyanates is 1. The molecule has 0 saturated heterocycles. The highest BCUT2D eigenvalue weighted by molar-refractivity contribution is 7.78. The number of benzene rings is 2. The van der Waals surface area contributed by atoms with Gasteiger partial charge in [0, 0.05) is 22.6 Å². The predicted octanol–water partition coefficient (Wildman–Crippen LogP) is 6.78. The lowest BCUT2D eigenvalue weighted by Gasteiger charge is -2.25. The Morgan fingerprint density at radius 3 is 1.89 bits per heavy atom. The first-order chi connectivity index (χ1) is 13.8. The van der Waals surface area contributed by atoms with Gasteiger partial charge in [0.15, 0.2) is 0 Å². The minimum atomic E-state index is 0.568. The van der Waals surface area contributed by atoms with Crippen LogP contribution in [0.3, 0.4) is 0 Å². The van der Waals surface area contributed by atoms with Gasteiger partial charge in [0.25, 0.3) is 0 Å². The van der Waals surface area contributed by atoms with E-state index in [1.54, 1.807) is 0 Å². The summed E-state index contributed by atoms with van der Waals surface area (Å²) in [7, 11) is 0. The molecule has 0 heterocycles. The second-order valence-electron chi connectivity index (χ2n) is 7.35. The summed E-state index contributed by atoms with van der Waals surface area (Å²) < 4.78 is 0. The topological polar surface area (TPSA) is 12.4 Å². The van der Waals surface area contributed by atoms with E-state index in [1.807, 2.05) is 36.4 Å². The molecule has 2 aromatic rings. The molecule has 3 rings (SSSR count). The molecule has 0 bridgehead atoms. The second kappa shape index (κ2) is 10.6. The van der Waals surface area contributed by atoms with Gasteiger partial charge >= 0.3 is 0 Å². The maximum Gasteiger partial charge on any atom is 0.0740 e. The molecule has 0 aliphatic heterocycles. The summed E-state index contributed by atoms with van der Waals surface area (Å²) in [6.45, 7) is 2.29. The van der Waals surface area contributed by atoms with Gasteiger partial charge < -0.3 is 0 Å². The molecular formula is C26H25NS. The maximum atomic E-state index is 4.61. The first-order valence-electron chi connectivity index (χ1n) is 10.1. The number of nitrogens with zero attached hydrogens (tertiary/aromatic N) is 1. The molecule has 1 fully saturated rings. The first kappa shape index (κ1) is 20.1. The Balaban J connectivity index is 1.57. The lowest BCUT2D eigenvalue weighted by molar-refractivity contribution is 0.300. The third kappa shape index (κ3) is 6.21. The minimum absolute atomic E-state index is 0.568. The number of thiocarbonyl (C=S) groups is 1. The fourth-order valence-corrected chi connectivity index (χ4v) is 3.75. The zero-order valence-corrected chi connectivity index (χ0v) is 17.2. The van der Waals surface area contributed by atoms with E-state index in [9.17, 15) is 0 Å². The number of aliphatic imine (C=N–C) groups is 1. The Bertz CT molecular complexity index is 934. The zero-order chi connectivity index (χ0) is 19.6. The summed E-state index contributed by atoms with van der Waals surface area (Å²) in [4.78, 5) is 3.94. The van der Waals surface area contributed by atoms with Crippen molar-refractivity contribution in [1.82, 2.24) is 0 Å². The molecule has 1 nitrogen and oxygen atoms in total. The van der Waals surface area contributed by atoms with Gasteiger partial charge in [0.2, 0.25) is 0 Å². The second-order valence-corrected chi connectivity index (χ2v) is 7.54. The SMILES string of the molecule is CCCC1CCC(C#Cc2ccc(C#Cc3ccc(N=C=S)cc3)cc2)CC1. The maximum absolute atomic E-state index is 4.61. The molecule has 140 valence electrons. The van der Waals surface area contributed by atoms with E-state index in [0.717, 1.165) is 28.3 Å². The van der Waals surface area contributed by atoms with Crippen molar-refractivity contribution in [2.45, 2.75) is 45.4 Å². The molecule has 28 heavy (non-hydrogen) atoms. The number of rotatable bonds is 3. The molecular weight excluding hydrogens is 358 g/mol. The minimum Gasteiger partial charge on any atom is -0.195 e. The third-order valence-electron chi connectivity index (χ3n) is 5.24. The number of hydrogen-bond acceptors (Lipinski definition) is 2. The summed E-state index contributed by atoms with van der Waals surface area (Å²) in [5.74, 6) is 14.7. The van der Waals surface area contributed by atoms with Crippen LogP contribution in [0.5, 0.6) is 0 Å². The molecule has 1 saturated carbocycles. The first-order valence-corrected chi connectivity index (χ1v) is 10.5. The van der Waals surface area contributed by atoms with Crippen molar-refractivity contribution >= 4 is 23.1 Å². The molecule has 0 spiro atoms. The highest BCUT2D eigenvalue weighted by Gasteiger charge is 2.18. The lowest BCUT2D eigenvalue weighted by atomic mass is 9.80. The largest absolute Gasteiger partial charge is 0.195 e. The van der Waals surface area contributed by atoms with E-state index < -0.39 is 0 Å². The summed E-state index contributed by atoms with van der Waals surface area (Å²) in [5, 5.41) is 2.37. The van der Waals surface area contributed by atoms with Crippen LogP contribution in [0.2, 0.25) is 0 Å². The van der Waals surface area contributed by atoms with Crippen LogP contribution in [0.4, 0.5) is 5.69 Å². The van der Waals surface area contributed by atoms with Crippen LogP contribution in [-0.4, -0.2) is 5.16 Å². The molecule has 1 aliphatic rings. The Hall–Kier alpha value is -2.64. The fraction of sp³-hybridized carbons (Fsp3) is 0.346. The van der Waals surface area contributed by atoms with Gasteiger partial charge in [0.1, 0.15) is 0 Å². The van der Waals surface area contributed by atoms with Crippen molar-refractivity contribution in [3.63, 3.8) is 0 Å². The van der Waals surface area contributed by atoms with Gasteiger partial charge in [-0.3, -0.25) is 0 Å². The van der Waals surface area contributed by atoms with Gasteiger partial charge in [-0.2, -0.15) is 4.99 Å². The smallest absolute Gasteiger partial charge is 0.0740 e. The van der Waals surface area contributed by atoms with Crippen LogP contribution in [0.25, 0.3) is 0 Å². The van der Waals surface area contributed by atoms with Gasteiger partial charge in [-0.1, -0.05) is 43.4 Å². The average molecular weight is 384 g/mol. The van der Waals surface area contributed by atoms with Gasteiger partial charge in [0.05, 0.1) is 10.8 Å². The summed E-state index contributed by atoms with van der Waals surface area (Å²) in [6.07, 6.45) is 7.91. The van der Waals surface area contributed by atoms with Gasteiger partial charge in [-0.25, -0.2) is 0 Å².